The molecule has 2 aromatic carbocycles. The van der Waals surface area contributed by atoms with Crippen LogP contribution in [0.4, 0.5) is 0 Å². The summed E-state index contributed by atoms with van der Waals surface area (Å²) in [7, 11) is -0.405. The van der Waals surface area contributed by atoms with Crippen LogP contribution in [0.25, 0.3) is 10.2 Å². The van der Waals surface area contributed by atoms with Crippen LogP contribution in [-0.4, -0.2) is 42.9 Å². The van der Waals surface area contributed by atoms with E-state index >= 15 is 0 Å². The summed E-state index contributed by atoms with van der Waals surface area (Å²) in [5.41, 5.74) is 2.23. The van der Waals surface area contributed by atoms with Crippen molar-refractivity contribution in [1.82, 2.24) is 8.87 Å². The Balaban J connectivity index is 1.66. The van der Waals surface area contributed by atoms with Crippen LogP contribution >= 0.6 is 11.3 Å². The van der Waals surface area contributed by atoms with Crippen molar-refractivity contribution in [3.8, 4) is 5.75 Å². The number of benzene rings is 2. The molecule has 1 saturated heterocycles. The van der Waals surface area contributed by atoms with Crippen molar-refractivity contribution in [1.29, 1.82) is 0 Å². The number of thiazole rings is 1. The van der Waals surface area contributed by atoms with Gasteiger partial charge in [-0.15, -0.1) is 0 Å². The molecule has 0 aliphatic carbocycles. The number of rotatable bonds is 5. The van der Waals surface area contributed by atoms with Gasteiger partial charge in [-0.2, -0.15) is 9.30 Å². The van der Waals surface area contributed by atoms with Gasteiger partial charge in [0.15, 0.2) is 4.80 Å². The Labute approximate surface area is 192 Å². The zero-order chi connectivity index (χ0) is 23.0. The van der Waals surface area contributed by atoms with Gasteiger partial charge in [0.1, 0.15) is 11.8 Å². The molecule has 0 N–H and O–H groups in total. The molecule has 0 bridgehead atoms. The van der Waals surface area contributed by atoms with Gasteiger partial charge in [-0.1, -0.05) is 31.3 Å². The highest BCUT2D eigenvalue weighted by Crippen LogP contribution is 2.28. The maximum Gasteiger partial charge on any atom is 0.266 e. The van der Waals surface area contributed by atoms with Crippen molar-refractivity contribution in [3.05, 3.63) is 52.8 Å². The normalized spacial score (nSPS) is 18.0. The molecular formula is C23H27N3O4S2. The van der Waals surface area contributed by atoms with Crippen LogP contribution in [-0.2, 0) is 21.9 Å². The fraction of sp³-hybridized carbons (Fsp3) is 0.391. The predicted molar refractivity (Wildman–Crippen MR) is 125 cm³/mol. The quantitative estimate of drug-likeness (QED) is 0.566. The van der Waals surface area contributed by atoms with Gasteiger partial charge in [-0.25, -0.2) is 8.42 Å². The van der Waals surface area contributed by atoms with Crippen LogP contribution in [0, 0.1) is 0 Å². The molecule has 170 valence electrons. The lowest BCUT2D eigenvalue weighted by Crippen LogP contribution is -2.40. The zero-order valence-corrected chi connectivity index (χ0v) is 20.2. The minimum absolute atomic E-state index is 0.145. The number of aryl methyl sites for hydroxylation is 1. The van der Waals surface area contributed by atoms with Crippen LogP contribution in [0.3, 0.4) is 0 Å². The van der Waals surface area contributed by atoms with Crippen molar-refractivity contribution in [2.75, 3.05) is 13.7 Å². The number of methoxy groups -OCH3 is 1. The Hall–Kier alpha value is -2.49. The minimum Gasteiger partial charge on any atom is -0.497 e. The largest absolute Gasteiger partial charge is 0.497 e. The SMILES string of the molecule is COc1ccc(S(=O)(=O)N2CCCC2C(=O)N=c2sc3cc(C(C)C)ccc3n2C)cc1. The highest BCUT2D eigenvalue weighted by molar-refractivity contribution is 7.89. The standard InChI is InChI=1S/C23H27N3O4S2/c1-15(2)16-7-12-19-21(14-16)31-23(25(19)3)24-22(27)20-6-5-13-26(20)32(28,29)18-10-8-17(30-4)9-11-18/h7-12,14-15,20H,5-6,13H2,1-4H3. The molecular weight excluding hydrogens is 446 g/mol. The zero-order valence-electron chi connectivity index (χ0n) is 18.6. The molecule has 1 amide bonds. The smallest absolute Gasteiger partial charge is 0.266 e. The number of aromatic nitrogens is 1. The molecule has 1 aromatic heterocycles. The summed E-state index contributed by atoms with van der Waals surface area (Å²) in [6.07, 6.45) is 1.08. The molecule has 1 unspecified atom stereocenters. The van der Waals surface area contributed by atoms with Crippen molar-refractivity contribution >= 4 is 37.5 Å². The van der Waals surface area contributed by atoms with E-state index in [-0.39, 0.29) is 4.90 Å². The van der Waals surface area contributed by atoms with Crippen LogP contribution in [0.15, 0.2) is 52.4 Å². The molecule has 1 aliphatic heterocycles. The van der Waals surface area contributed by atoms with Crippen molar-refractivity contribution < 1.29 is 17.9 Å². The first-order valence-corrected chi connectivity index (χ1v) is 12.8. The fourth-order valence-corrected chi connectivity index (χ4v) is 6.67. The van der Waals surface area contributed by atoms with E-state index < -0.39 is 22.0 Å². The summed E-state index contributed by atoms with van der Waals surface area (Å²) in [5.74, 6) is 0.556. The lowest BCUT2D eigenvalue weighted by Gasteiger charge is -2.21. The van der Waals surface area contributed by atoms with Gasteiger partial charge in [0, 0.05) is 13.6 Å². The summed E-state index contributed by atoms with van der Waals surface area (Å²) in [6.45, 7) is 4.58. The third kappa shape index (κ3) is 4.12. The number of amides is 1. The van der Waals surface area contributed by atoms with E-state index in [2.05, 4.69) is 31.0 Å². The molecule has 0 radical (unpaired) electrons. The highest BCUT2D eigenvalue weighted by Gasteiger charge is 2.39. The Morgan fingerprint density at radius 1 is 1.19 bits per heavy atom. The molecule has 7 nitrogen and oxygen atoms in total. The predicted octanol–water partition coefficient (Wildman–Crippen LogP) is 3.65. The third-order valence-electron chi connectivity index (χ3n) is 5.86. The number of carbonyl (C=O) groups excluding carboxylic acids is 1. The molecule has 1 aliphatic rings. The summed E-state index contributed by atoms with van der Waals surface area (Å²) in [4.78, 5) is 18.2. The maximum absolute atomic E-state index is 13.2. The van der Waals surface area contributed by atoms with Gasteiger partial charge in [-0.3, -0.25) is 4.79 Å². The summed E-state index contributed by atoms with van der Waals surface area (Å²) < 4.78 is 35.7. The van der Waals surface area contributed by atoms with E-state index in [9.17, 15) is 13.2 Å². The molecule has 0 saturated carbocycles. The number of carbonyl (C=O) groups is 1. The first kappa shape index (κ1) is 22.7. The number of fused-ring (bicyclic) bond motifs is 1. The van der Waals surface area contributed by atoms with Crippen molar-refractivity contribution in [2.45, 2.75) is 43.5 Å². The number of hydrogen-bond donors (Lipinski definition) is 0. The average molecular weight is 474 g/mol. The van der Waals surface area contributed by atoms with Gasteiger partial charge in [0.25, 0.3) is 5.91 Å². The second kappa shape index (κ2) is 8.80. The van der Waals surface area contributed by atoms with Gasteiger partial charge in [0.05, 0.1) is 22.2 Å². The van der Waals surface area contributed by atoms with Gasteiger partial charge in [0.2, 0.25) is 10.0 Å². The Kier molecular flexibility index (Phi) is 6.24. The van der Waals surface area contributed by atoms with Crippen LogP contribution < -0.4 is 9.54 Å². The molecule has 4 rings (SSSR count). The second-order valence-electron chi connectivity index (χ2n) is 8.22. The van der Waals surface area contributed by atoms with Crippen molar-refractivity contribution in [3.63, 3.8) is 0 Å². The summed E-state index contributed by atoms with van der Waals surface area (Å²) >= 11 is 1.45. The van der Waals surface area contributed by atoms with Crippen molar-refractivity contribution in [2.24, 2.45) is 12.0 Å². The lowest BCUT2D eigenvalue weighted by atomic mass is 10.0. The summed E-state index contributed by atoms with van der Waals surface area (Å²) in [6, 6.07) is 11.7. The van der Waals surface area contributed by atoms with E-state index in [1.807, 2.05) is 17.7 Å². The lowest BCUT2D eigenvalue weighted by molar-refractivity contribution is -0.121. The Morgan fingerprint density at radius 2 is 1.91 bits per heavy atom. The molecule has 0 spiro atoms. The van der Waals surface area contributed by atoms with Gasteiger partial charge in [-0.05, 0) is 60.7 Å². The number of ether oxygens (including phenoxy) is 1. The highest BCUT2D eigenvalue weighted by atomic mass is 32.2. The number of hydrogen-bond acceptors (Lipinski definition) is 5. The first-order valence-electron chi connectivity index (χ1n) is 10.6. The van der Waals surface area contributed by atoms with Crippen LogP contribution in [0.1, 0.15) is 38.2 Å². The average Bonchev–Trinajstić information content (AvgIpc) is 3.39. The Bertz CT molecular complexity index is 1320. The van der Waals surface area contributed by atoms with Gasteiger partial charge < -0.3 is 9.30 Å². The fourth-order valence-electron chi connectivity index (χ4n) is 3.94. The van der Waals surface area contributed by atoms with Crippen LogP contribution in [0.2, 0.25) is 0 Å². The first-order chi connectivity index (χ1) is 15.2. The molecule has 3 aromatic rings. The number of nitrogens with zero attached hydrogens (tertiary/aromatic N) is 3. The van der Waals surface area contributed by atoms with Crippen LogP contribution in [0.5, 0.6) is 5.75 Å². The molecule has 1 fully saturated rings. The molecule has 9 heteroatoms. The molecule has 2 heterocycles. The van der Waals surface area contributed by atoms with E-state index in [1.54, 1.807) is 12.1 Å². The van der Waals surface area contributed by atoms with Gasteiger partial charge >= 0.3 is 0 Å². The van der Waals surface area contributed by atoms with E-state index in [4.69, 9.17) is 4.74 Å². The van der Waals surface area contributed by atoms with E-state index in [0.29, 0.717) is 35.9 Å². The topological polar surface area (TPSA) is 81.0 Å². The minimum atomic E-state index is -3.81. The van der Waals surface area contributed by atoms with E-state index in [1.165, 1.54) is 40.4 Å². The Morgan fingerprint density at radius 3 is 2.56 bits per heavy atom. The second-order valence-corrected chi connectivity index (χ2v) is 11.1. The molecule has 32 heavy (non-hydrogen) atoms. The summed E-state index contributed by atoms with van der Waals surface area (Å²) in [5, 5.41) is 0. The van der Waals surface area contributed by atoms with E-state index in [0.717, 1.165) is 10.2 Å². The molecule has 1 atom stereocenters. The monoisotopic (exact) mass is 473 g/mol. The third-order valence-corrected chi connectivity index (χ3v) is 8.88. The number of sulfonamides is 1. The maximum atomic E-state index is 13.2.